The van der Waals surface area contributed by atoms with Crippen LogP contribution in [-0.4, -0.2) is 9.55 Å². The molecule has 3 unspecified atom stereocenters. The number of nitrogens with one attached hydrogen (secondary N) is 1. The Kier molecular flexibility index (Phi) is 3.75. The van der Waals surface area contributed by atoms with E-state index in [-0.39, 0.29) is 5.82 Å². The van der Waals surface area contributed by atoms with E-state index in [4.69, 9.17) is 12.2 Å². The lowest BCUT2D eigenvalue weighted by molar-refractivity contribution is 0.210. The van der Waals surface area contributed by atoms with E-state index >= 15 is 0 Å². The minimum Gasteiger partial charge on any atom is -0.331 e. The van der Waals surface area contributed by atoms with Gasteiger partial charge in [-0.1, -0.05) is 13.8 Å². The van der Waals surface area contributed by atoms with Crippen LogP contribution in [0.5, 0.6) is 0 Å². The van der Waals surface area contributed by atoms with E-state index in [1.54, 1.807) is 12.1 Å². The summed E-state index contributed by atoms with van der Waals surface area (Å²) in [5.74, 6) is 1.10. The van der Waals surface area contributed by atoms with E-state index in [0.717, 1.165) is 23.4 Å². The molecule has 1 aliphatic rings. The highest BCUT2D eigenvalue weighted by molar-refractivity contribution is 9.10. The molecule has 5 heteroatoms. The molecular weight excluding hydrogens is 339 g/mol. The Balaban J connectivity index is 2.13. The highest BCUT2D eigenvalue weighted by atomic mass is 79.9. The Bertz CT molecular complexity index is 706. The molecule has 20 heavy (non-hydrogen) atoms. The molecule has 1 N–H and O–H groups in total. The fourth-order valence-corrected chi connectivity index (χ4v) is 4.17. The van der Waals surface area contributed by atoms with Gasteiger partial charge < -0.3 is 9.55 Å². The van der Waals surface area contributed by atoms with E-state index in [1.807, 2.05) is 0 Å². The van der Waals surface area contributed by atoms with Crippen LogP contribution in [0.1, 0.15) is 39.2 Å². The highest BCUT2D eigenvalue weighted by Gasteiger charge is 2.28. The molecule has 0 amide bonds. The number of rotatable bonds is 1. The quantitative estimate of drug-likeness (QED) is 0.659. The van der Waals surface area contributed by atoms with Gasteiger partial charge in [0.05, 0.1) is 15.5 Å². The van der Waals surface area contributed by atoms with Gasteiger partial charge in [0.25, 0.3) is 0 Å². The van der Waals surface area contributed by atoms with E-state index in [1.165, 1.54) is 12.8 Å². The maximum atomic E-state index is 13.9. The first-order valence-electron chi connectivity index (χ1n) is 7.06. The molecule has 3 atom stereocenters. The predicted molar refractivity (Wildman–Crippen MR) is 86.0 cm³/mol. The van der Waals surface area contributed by atoms with Crippen LogP contribution in [0.15, 0.2) is 16.6 Å². The number of hydrogen-bond acceptors (Lipinski definition) is 1. The lowest BCUT2D eigenvalue weighted by Gasteiger charge is -2.33. The van der Waals surface area contributed by atoms with Gasteiger partial charge in [0.2, 0.25) is 0 Å². The average molecular weight is 357 g/mol. The van der Waals surface area contributed by atoms with E-state index < -0.39 is 0 Å². The monoisotopic (exact) mass is 356 g/mol. The zero-order chi connectivity index (χ0) is 14.4. The van der Waals surface area contributed by atoms with Crippen LogP contribution >= 0.6 is 28.1 Å². The molecule has 0 bridgehead atoms. The normalized spacial score (nSPS) is 27.1. The zero-order valence-corrected chi connectivity index (χ0v) is 14.0. The van der Waals surface area contributed by atoms with Crippen LogP contribution in [0, 0.1) is 22.4 Å². The number of aromatic nitrogens is 2. The number of imidazole rings is 1. The molecule has 1 heterocycles. The number of fused-ring (bicyclic) bond motifs is 1. The zero-order valence-electron chi connectivity index (χ0n) is 11.6. The smallest absolute Gasteiger partial charge is 0.178 e. The van der Waals surface area contributed by atoms with Crippen molar-refractivity contribution in [3.05, 3.63) is 27.2 Å². The van der Waals surface area contributed by atoms with Gasteiger partial charge >= 0.3 is 0 Å². The molecule has 0 spiro atoms. The van der Waals surface area contributed by atoms with Gasteiger partial charge in [-0.25, -0.2) is 4.39 Å². The van der Waals surface area contributed by atoms with E-state index in [9.17, 15) is 4.39 Å². The summed E-state index contributed by atoms with van der Waals surface area (Å²) in [5, 5.41) is 0. The summed E-state index contributed by atoms with van der Waals surface area (Å²) in [5.41, 5.74) is 1.77. The fourth-order valence-electron chi connectivity index (χ4n) is 3.48. The van der Waals surface area contributed by atoms with E-state index in [0.29, 0.717) is 21.2 Å². The number of nitrogens with zero attached hydrogens (tertiary/aromatic N) is 1. The van der Waals surface area contributed by atoms with Crippen LogP contribution in [0.2, 0.25) is 0 Å². The van der Waals surface area contributed by atoms with Gasteiger partial charge in [-0.05, 0) is 65.3 Å². The molecule has 0 saturated heterocycles. The van der Waals surface area contributed by atoms with Gasteiger partial charge in [-0.3, -0.25) is 0 Å². The molecule has 1 aliphatic carbocycles. The number of aromatic amines is 1. The summed E-state index contributed by atoms with van der Waals surface area (Å²) in [4.78, 5) is 3.21. The second kappa shape index (κ2) is 5.26. The Morgan fingerprint density at radius 2 is 2.10 bits per heavy atom. The molecule has 1 fully saturated rings. The van der Waals surface area contributed by atoms with Crippen LogP contribution in [0.3, 0.4) is 0 Å². The lowest BCUT2D eigenvalue weighted by atomic mass is 9.79. The van der Waals surface area contributed by atoms with Crippen molar-refractivity contribution in [2.75, 3.05) is 0 Å². The van der Waals surface area contributed by atoms with Crippen molar-refractivity contribution in [2.24, 2.45) is 11.8 Å². The van der Waals surface area contributed by atoms with Crippen molar-refractivity contribution >= 4 is 39.2 Å². The van der Waals surface area contributed by atoms with Crippen molar-refractivity contribution in [3.63, 3.8) is 0 Å². The van der Waals surface area contributed by atoms with Crippen LogP contribution < -0.4 is 0 Å². The standard InChI is InChI=1S/C15H18BrFN2S/c1-8-3-4-13(9(2)5-8)19-14-7-11(17)10(16)6-12(14)18-15(19)20/h6-9,13H,3-5H2,1-2H3,(H,18,20). The maximum absolute atomic E-state index is 13.9. The largest absolute Gasteiger partial charge is 0.331 e. The molecule has 1 saturated carbocycles. The molecule has 0 radical (unpaired) electrons. The van der Waals surface area contributed by atoms with Gasteiger partial charge in [-0.15, -0.1) is 0 Å². The topological polar surface area (TPSA) is 20.7 Å². The first kappa shape index (κ1) is 14.3. The van der Waals surface area contributed by atoms with Crippen LogP contribution in [0.25, 0.3) is 11.0 Å². The Labute approximate surface area is 131 Å². The Morgan fingerprint density at radius 1 is 1.35 bits per heavy atom. The summed E-state index contributed by atoms with van der Waals surface area (Å²) < 4.78 is 17.1. The second-order valence-electron chi connectivity index (χ2n) is 6.05. The fraction of sp³-hybridized carbons (Fsp3) is 0.533. The number of H-pyrrole nitrogens is 1. The molecule has 1 aromatic carbocycles. The molecule has 1 aromatic heterocycles. The van der Waals surface area contributed by atoms with Crippen LogP contribution in [-0.2, 0) is 0 Å². The summed E-state index contributed by atoms with van der Waals surface area (Å²) in [6, 6.07) is 3.72. The average Bonchev–Trinajstić information content (AvgIpc) is 2.66. The lowest BCUT2D eigenvalue weighted by Crippen LogP contribution is -2.24. The molecule has 2 nitrogen and oxygen atoms in total. The predicted octanol–water partition coefficient (Wildman–Crippen LogP) is 5.60. The van der Waals surface area contributed by atoms with Crippen molar-refractivity contribution in [1.82, 2.24) is 9.55 Å². The van der Waals surface area contributed by atoms with Crippen molar-refractivity contribution in [2.45, 2.75) is 39.2 Å². The molecular formula is C15H18BrFN2S. The third kappa shape index (κ3) is 2.35. The van der Waals surface area contributed by atoms with Gasteiger partial charge in [-0.2, -0.15) is 0 Å². The highest BCUT2D eigenvalue weighted by Crippen LogP contribution is 2.39. The van der Waals surface area contributed by atoms with Gasteiger partial charge in [0.1, 0.15) is 5.82 Å². The Morgan fingerprint density at radius 3 is 2.80 bits per heavy atom. The third-order valence-corrected chi connectivity index (χ3v) is 5.38. The molecule has 3 rings (SSSR count). The third-order valence-electron chi connectivity index (χ3n) is 4.48. The summed E-state index contributed by atoms with van der Waals surface area (Å²) >= 11 is 8.70. The number of hydrogen-bond donors (Lipinski definition) is 1. The van der Waals surface area contributed by atoms with Crippen molar-refractivity contribution in [1.29, 1.82) is 0 Å². The van der Waals surface area contributed by atoms with E-state index in [2.05, 4.69) is 39.3 Å². The van der Waals surface area contributed by atoms with Crippen LogP contribution in [0.4, 0.5) is 4.39 Å². The molecule has 108 valence electrons. The first-order chi connectivity index (χ1) is 9.47. The van der Waals surface area contributed by atoms with Gasteiger partial charge in [0.15, 0.2) is 4.77 Å². The number of halogens is 2. The molecule has 2 aromatic rings. The minimum atomic E-state index is -0.239. The maximum Gasteiger partial charge on any atom is 0.178 e. The Hall–Kier alpha value is -0.680. The first-order valence-corrected chi connectivity index (χ1v) is 8.26. The molecule has 0 aliphatic heterocycles. The van der Waals surface area contributed by atoms with Gasteiger partial charge in [0, 0.05) is 12.1 Å². The summed E-state index contributed by atoms with van der Waals surface area (Å²) in [6.45, 7) is 4.58. The summed E-state index contributed by atoms with van der Waals surface area (Å²) in [7, 11) is 0. The van der Waals surface area contributed by atoms with Crippen molar-refractivity contribution < 1.29 is 4.39 Å². The second-order valence-corrected chi connectivity index (χ2v) is 7.29. The minimum absolute atomic E-state index is 0.239. The number of benzene rings is 1. The SMILES string of the molecule is CC1CCC(n2c(=S)[nH]c3cc(Br)c(F)cc32)C(C)C1. The van der Waals surface area contributed by atoms with Crippen molar-refractivity contribution in [3.8, 4) is 0 Å². The summed E-state index contributed by atoms with van der Waals surface area (Å²) in [6.07, 6.45) is 3.53.